The molecule has 3 fully saturated rings. The third kappa shape index (κ3) is 2.69. The Hall–Kier alpha value is -0.610. The van der Waals surface area contributed by atoms with E-state index < -0.39 is 0 Å². The van der Waals surface area contributed by atoms with Crippen molar-refractivity contribution in [3.05, 3.63) is 0 Å². The molecule has 0 spiro atoms. The van der Waals surface area contributed by atoms with Crippen molar-refractivity contribution in [2.75, 3.05) is 39.3 Å². The van der Waals surface area contributed by atoms with Gasteiger partial charge in [-0.1, -0.05) is 6.92 Å². The van der Waals surface area contributed by atoms with Gasteiger partial charge in [0, 0.05) is 45.2 Å². The summed E-state index contributed by atoms with van der Waals surface area (Å²) < 4.78 is 5.67. The van der Waals surface area contributed by atoms with Gasteiger partial charge in [-0.25, -0.2) is 0 Å². The minimum atomic E-state index is 0.342. The van der Waals surface area contributed by atoms with Gasteiger partial charge < -0.3 is 9.64 Å². The molecule has 4 heteroatoms. The Labute approximate surface area is 109 Å². The van der Waals surface area contributed by atoms with E-state index in [4.69, 9.17) is 4.74 Å². The molecular weight excluding hydrogens is 228 g/mol. The Balaban J connectivity index is 1.41. The zero-order valence-corrected chi connectivity index (χ0v) is 11.3. The van der Waals surface area contributed by atoms with Crippen molar-refractivity contribution in [3.63, 3.8) is 0 Å². The molecule has 1 aliphatic carbocycles. The molecule has 3 unspecified atom stereocenters. The monoisotopic (exact) mass is 252 g/mol. The van der Waals surface area contributed by atoms with E-state index in [1.165, 1.54) is 12.8 Å². The van der Waals surface area contributed by atoms with E-state index in [2.05, 4.69) is 16.7 Å². The molecule has 3 rings (SSSR count). The van der Waals surface area contributed by atoms with Gasteiger partial charge in [0.15, 0.2) is 0 Å². The molecule has 102 valence electrons. The van der Waals surface area contributed by atoms with Gasteiger partial charge in [0.1, 0.15) is 0 Å². The molecular formula is C14H24N2O2. The van der Waals surface area contributed by atoms with Gasteiger partial charge >= 0.3 is 0 Å². The summed E-state index contributed by atoms with van der Waals surface area (Å²) in [4.78, 5) is 16.6. The Morgan fingerprint density at radius 3 is 2.56 bits per heavy atom. The largest absolute Gasteiger partial charge is 0.377 e. The maximum atomic E-state index is 12.1. The molecule has 18 heavy (non-hydrogen) atoms. The van der Waals surface area contributed by atoms with Crippen molar-refractivity contribution in [2.45, 2.75) is 32.3 Å². The second kappa shape index (κ2) is 5.17. The maximum absolute atomic E-state index is 12.1. The fourth-order valence-electron chi connectivity index (χ4n) is 3.13. The Morgan fingerprint density at radius 1 is 1.28 bits per heavy atom. The van der Waals surface area contributed by atoms with E-state index in [9.17, 15) is 4.79 Å². The first kappa shape index (κ1) is 12.4. The lowest BCUT2D eigenvalue weighted by Crippen LogP contribution is -2.50. The summed E-state index contributed by atoms with van der Waals surface area (Å²) >= 11 is 0. The summed E-state index contributed by atoms with van der Waals surface area (Å²) in [5, 5.41) is 0. The molecule has 2 heterocycles. The lowest BCUT2D eigenvalue weighted by atomic mass is 10.2. The topological polar surface area (TPSA) is 32.8 Å². The highest BCUT2D eigenvalue weighted by Crippen LogP contribution is 2.39. The minimum absolute atomic E-state index is 0.342. The number of carbonyl (C=O) groups is 1. The van der Waals surface area contributed by atoms with Crippen LogP contribution in [0.15, 0.2) is 0 Å². The molecule has 0 aromatic heterocycles. The van der Waals surface area contributed by atoms with Crippen LogP contribution in [0.2, 0.25) is 0 Å². The van der Waals surface area contributed by atoms with Gasteiger partial charge in [0.2, 0.25) is 5.91 Å². The van der Waals surface area contributed by atoms with Crippen molar-refractivity contribution < 1.29 is 9.53 Å². The van der Waals surface area contributed by atoms with E-state index in [0.717, 1.165) is 45.8 Å². The highest BCUT2D eigenvalue weighted by molar-refractivity contribution is 5.81. The normalized spacial score (nSPS) is 36.9. The van der Waals surface area contributed by atoms with Crippen LogP contribution in [0.3, 0.4) is 0 Å². The van der Waals surface area contributed by atoms with Crippen LogP contribution in [-0.2, 0) is 9.53 Å². The second-order valence-electron chi connectivity index (χ2n) is 6.08. The van der Waals surface area contributed by atoms with Gasteiger partial charge in [-0.3, -0.25) is 9.69 Å². The third-order valence-corrected chi connectivity index (χ3v) is 4.60. The molecule has 0 aromatic carbocycles. The molecule has 0 bridgehead atoms. The van der Waals surface area contributed by atoms with E-state index in [1.807, 2.05) is 0 Å². The van der Waals surface area contributed by atoms with Crippen LogP contribution in [0.1, 0.15) is 26.2 Å². The lowest BCUT2D eigenvalue weighted by Gasteiger charge is -2.35. The fraction of sp³-hybridized carbons (Fsp3) is 0.929. The number of hydrogen-bond acceptors (Lipinski definition) is 3. The predicted molar refractivity (Wildman–Crippen MR) is 69.3 cm³/mol. The maximum Gasteiger partial charge on any atom is 0.226 e. The van der Waals surface area contributed by atoms with Gasteiger partial charge in [-0.15, -0.1) is 0 Å². The first-order valence-corrected chi connectivity index (χ1v) is 7.37. The van der Waals surface area contributed by atoms with E-state index in [1.54, 1.807) is 0 Å². The second-order valence-corrected chi connectivity index (χ2v) is 6.08. The van der Waals surface area contributed by atoms with Crippen LogP contribution >= 0.6 is 0 Å². The summed E-state index contributed by atoms with van der Waals surface area (Å²) in [6.07, 6.45) is 3.96. The SMILES string of the molecule is CC1CC1C(=O)N1CCN(CC2CCCO2)CC1. The average Bonchev–Trinajstić information content (AvgIpc) is 2.89. The van der Waals surface area contributed by atoms with Crippen molar-refractivity contribution in [1.82, 2.24) is 9.80 Å². The molecule has 3 atom stereocenters. The number of nitrogens with zero attached hydrogens (tertiary/aromatic N) is 2. The molecule has 1 saturated carbocycles. The van der Waals surface area contributed by atoms with Crippen LogP contribution in [-0.4, -0.2) is 61.1 Å². The highest BCUT2D eigenvalue weighted by Gasteiger charge is 2.42. The van der Waals surface area contributed by atoms with Crippen LogP contribution in [0, 0.1) is 11.8 Å². The molecule has 1 amide bonds. The van der Waals surface area contributed by atoms with Crippen LogP contribution in [0.4, 0.5) is 0 Å². The first-order chi connectivity index (χ1) is 8.74. The molecule has 3 aliphatic rings. The van der Waals surface area contributed by atoms with Gasteiger partial charge in [0.25, 0.3) is 0 Å². The van der Waals surface area contributed by atoms with Crippen LogP contribution in [0.25, 0.3) is 0 Å². The molecule has 0 radical (unpaired) electrons. The van der Waals surface area contributed by atoms with E-state index in [-0.39, 0.29) is 0 Å². The van der Waals surface area contributed by atoms with Crippen molar-refractivity contribution in [3.8, 4) is 0 Å². The van der Waals surface area contributed by atoms with Crippen molar-refractivity contribution >= 4 is 5.91 Å². The first-order valence-electron chi connectivity index (χ1n) is 7.37. The van der Waals surface area contributed by atoms with Gasteiger partial charge in [-0.2, -0.15) is 0 Å². The van der Waals surface area contributed by atoms with Crippen LogP contribution < -0.4 is 0 Å². The number of ether oxygens (including phenoxy) is 1. The number of hydrogen-bond donors (Lipinski definition) is 0. The number of rotatable bonds is 3. The fourth-order valence-corrected chi connectivity index (χ4v) is 3.13. The summed E-state index contributed by atoms with van der Waals surface area (Å²) in [7, 11) is 0. The van der Waals surface area contributed by atoms with Gasteiger partial charge in [0.05, 0.1) is 6.10 Å². The molecule has 2 saturated heterocycles. The standard InChI is InChI=1S/C14H24N2O2/c1-11-9-13(11)14(17)16-6-4-15(5-7-16)10-12-3-2-8-18-12/h11-13H,2-10H2,1H3. The Morgan fingerprint density at radius 2 is 2.00 bits per heavy atom. The molecule has 2 aliphatic heterocycles. The lowest BCUT2D eigenvalue weighted by molar-refractivity contribution is -0.134. The van der Waals surface area contributed by atoms with Crippen molar-refractivity contribution in [2.24, 2.45) is 11.8 Å². The van der Waals surface area contributed by atoms with E-state index in [0.29, 0.717) is 23.8 Å². The molecule has 0 N–H and O–H groups in total. The average molecular weight is 252 g/mol. The molecule has 0 aromatic rings. The number of amides is 1. The predicted octanol–water partition coefficient (Wildman–Crippen LogP) is 0.966. The van der Waals surface area contributed by atoms with E-state index >= 15 is 0 Å². The van der Waals surface area contributed by atoms with Crippen LogP contribution in [0.5, 0.6) is 0 Å². The quantitative estimate of drug-likeness (QED) is 0.750. The summed E-state index contributed by atoms with van der Waals surface area (Å²) in [5.41, 5.74) is 0. The Kier molecular flexibility index (Phi) is 3.57. The Bertz CT molecular complexity index is 307. The summed E-state index contributed by atoms with van der Waals surface area (Å²) in [6.45, 7) is 8.03. The summed E-state index contributed by atoms with van der Waals surface area (Å²) in [6, 6.07) is 0. The highest BCUT2D eigenvalue weighted by atomic mass is 16.5. The van der Waals surface area contributed by atoms with Crippen molar-refractivity contribution in [1.29, 1.82) is 0 Å². The third-order valence-electron chi connectivity index (χ3n) is 4.60. The van der Waals surface area contributed by atoms with Gasteiger partial charge in [-0.05, 0) is 25.2 Å². The number of piperazine rings is 1. The summed E-state index contributed by atoms with van der Waals surface area (Å²) in [5.74, 6) is 1.37. The zero-order valence-electron chi connectivity index (χ0n) is 11.3. The minimum Gasteiger partial charge on any atom is -0.377 e. The smallest absolute Gasteiger partial charge is 0.226 e. The zero-order chi connectivity index (χ0) is 12.5. The number of carbonyl (C=O) groups excluding carboxylic acids is 1. The molecule has 4 nitrogen and oxygen atoms in total.